The van der Waals surface area contributed by atoms with E-state index in [0.717, 1.165) is 25.5 Å². The van der Waals surface area contributed by atoms with E-state index in [9.17, 15) is 4.79 Å². The first-order chi connectivity index (χ1) is 11.5. The number of carbonyl (C=O) groups is 1. The summed E-state index contributed by atoms with van der Waals surface area (Å²) >= 11 is 1.77. The van der Waals surface area contributed by atoms with Crippen LogP contribution in [0.1, 0.15) is 37.5 Å². The number of aliphatic imine (C=N–C) groups is 1. The van der Waals surface area contributed by atoms with Crippen molar-refractivity contribution in [1.82, 2.24) is 15.5 Å². The van der Waals surface area contributed by atoms with Crippen LogP contribution in [0.15, 0.2) is 22.5 Å². The number of guanidine groups is 1. The Labute approximate surface area is 149 Å². The number of nitrogens with one attached hydrogen (secondary N) is 2. The van der Waals surface area contributed by atoms with Gasteiger partial charge in [0.05, 0.1) is 0 Å². The van der Waals surface area contributed by atoms with Crippen molar-refractivity contribution in [2.24, 2.45) is 10.4 Å². The third-order valence-corrected chi connectivity index (χ3v) is 5.85. The molecule has 1 aromatic heterocycles. The van der Waals surface area contributed by atoms with Gasteiger partial charge in [-0.25, -0.2) is 4.99 Å². The Hall–Kier alpha value is -1.56. The molecule has 1 aliphatic rings. The minimum absolute atomic E-state index is 0.0169. The highest BCUT2D eigenvalue weighted by Gasteiger charge is 2.34. The molecule has 2 rings (SSSR count). The summed E-state index contributed by atoms with van der Waals surface area (Å²) in [6.07, 6.45) is 6.07. The molecule has 1 saturated carbocycles. The number of likely N-dealkylation sites (N-methyl/N-ethyl adjacent to an activating group) is 1. The average molecular weight is 351 g/mol. The van der Waals surface area contributed by atoms with E-state index in [0.29, 0.717) is 5.41 Å². The Morgan fingerprint density at radius 3 is 2.71 bits per heavy atom. The van der Waals surface area contributed by atoms with Crippen molar-refractivity contribution in [2.45, 2.75) is 39.0 Å². The summed E-state index contributed by atoms with van der Waals surface area (Å²) in [4.78, 5) is 19.2. The van der Waals surface area contributed by atoms with E-state index in [4.69, 9.17) is 0 Å². The first-order valence-corrected chi connectivity index (χ1v) is 9.67. The van der Waals surface area contributed by atoms with Crippen LogP contribution in [0, 0.1) is 5.41 Å². The monoisotopic (exact) mass is 350 g/mol. The quantitative estimate of drug-likeness (QED) is 0.559. The molecule has 0 aromatic carbocycles. The Kier molecular flexibility index (Phi) is 7.09. The molecule has 6 heteroatoms. The van der Waals surface area contributed by atoms with Crippen LogP contribution < -0.4 is 10.6 Å². The first kappa shape index (κ1) is 18.8. The van der Waals surface area contributed by atoms with Crippen LogP contribution in [0.3, 0.4) is 0 Å². The molecule has 0 aliphatic heterocycles. The molecule has 0 saturated heterocycles. The van der Waals surface area contributed by atoms with Gasteiger partial charge in [0.2, 0.25) is 5.91 Å². The second-order valence-corrected chi connectivity index (χ2v) is 7.80. The van der Waals surface area contributed by atoms with Gasteiger partial charge in [0.25, 0.3) is 0 Å². The fourth-order valence-electron chi connectivity index (χ4n) is 2.82. The highest BCUT2D eigenvalue weighted by Crippen LogP contribution is 2.42. The van der Waals surface area contributed by atoms with Crippen molar-refractivity contribution in [2.75, 3.05) is 33.7 Å². The lowest BCUT2D eigenvalue weighted by molar-refractivity contribution is -0.127. The molecule has 5 nitrogen and oxygen atoms in total. The summed E-state index contributed by atoms with van der Waals surface area (Å²) < 4.78 is 0. The number of amides is 1. The maximum absolute atomic E-state index is 11.8. The minimum atomic E-state index is 0.0169. The van der Waals surface area contributed by atoms with Crippen molar-refractivity contribution < 1.29 is 4.79 Å². The van der Waals surface area contributed by atoms with Gasteiger partial charge in [0.15, 0.2) is 5.96 Å². The van der Waals surface area contributed by atoms with Crippen molar-refractivity contribution in [3.63, 3.8) is 0 Å². The van der Waals surface area contributed by atoms with E-state index in [-0.39, 0.29) is 12.5 Å². The molecular formula is C18H30N4OS. The number of hydrogen-bond acceptors (Lipinski definition) is 3. The van der Waals surface area contributed by atoms with E-state index in [2.05, 4.69) is 40.1 Å². The van der Waals surface area contributed by atoms with Gasteiger partial charge in [0, 0.05) is 32.1 Å². The maximum Gasteiger partial charge on any atom is 0.243 e. The summed E-state index contributed by atoms with van der Waals surface area (Å²) in [5.74, 6) is 0.768. The zero-order valence-electron chi connectivity index (χ0n) is 15.1. The highest BCUT2D eigenvalue weighted by atomic mass is 32.1. The molecule has 0 bridgehead atoms. The van der Waals surface area contributed by atoms with Gasteiger partial charge >= 0.3 is 0 Å². The molecule has 1 aliphatic carbocycles. The van der Waals surface area contributed by atoms with E-state index in [1.165, 1.54) is 30.6 Å². The lowest BCUT2D eigenvalue weighted by Crippen LogP contribution is -2.47. The molecule has 1 amide bonds. The van der Waals surface area contributed by atoms with E-state index >= 15 is 0 Å². The molecule has 0 unspecified atom stereocenters. The van der Waals surface area contributed by atoms with Crippen LogP contribution >= 0.6 is 11.3 Å². The fraction of sp³-hybridized carbons (Fsp3) is 0.667. The Morgan fingerprint density at radius 2 is 2.17 bits per heavy atom. The SMILES string of the molecule is CCC1(CNC(=NCC(=O)N(C)C)NCCc2cccs2)CCC1. The average Bonchev–Trinajstić information content (AvgIpc) is 3.04. The molecular weight excluding hydrogens is 320 g/mol. The summed E-state index contributed by atoms with van der Waals surface area (Å²) in [7, 11) is 3.52. The van der Waals surface area contributed by atoms with Gasteiger partial charge in [0.1, 0.15) is 6.54 Å². The summed E-state index contributed by atoms with van der Waals surface area (Å²) in [5, 5.41) is 8.93. The smallest absolute Gasteiger partial charge is 0.243 e. The normalized spacial score (nSPS) is 16.4. The molecule has 134 valence electrons. The molecule has 2 N–H and O–H groups in total. The highest BCUT2D eigenvalue weighted by molar-refractivity contribution is 7.09. The summed E-state index contributed by atoms with van der Waals surface area (Å²) in [5.41, 5.74) is 0.418. The molecule has 0 spiro atoms. The van der Waals surface area contributed by atoms with Gasteiger partial charge in [-0.3, -0.25) is 4.79 Å². The maximum atomic E-state index is 11.8. The number of nitrogens with zero attached hydrogens (tertiary/aromatic N) is 2. The minimum Gasteiger partial charge on any atom is -0.356 e. The van der Waals surface area contributed by atoms with E-state index < -0.39 is 0 Å². The molecule has 0 radical (unpaired) electrons. The molecule has 1 aromatic rings. The third kappa shape index (κ3) is 5.51. The standard InChI is InChI=1S/C18H30N4OS/c1-4-18(9-6-10-18)14-21-17(20-13-16(23)22(2)3)19-11-8-15-7-5-12-24-15/h5,7,12H,4,6,8-11,13-14H2,1-3H3,(H2,19,20,21). The molecule has 1 fully saturated rings. The summed E-state index contributed by atoms with van der Waals surface area (Å²) in [6, 6.07) is 4.22. The topological polar surface area (TPSA) is 56.7 Å². The number of carbonyl (C=O) groups excluding carboxylic acids is 1. The van der Waals surface area contributed by atoms with Gasteiger partial charge in [-0.05, 0) is 42.5 Å². The largest absolute Gasteiger partial charge is 0.356 e. The molecule has 24 heavy (non-hydrogen) atoms. The number of hydrogen-bond donors (Lipinski definition) is 2. The molecule has 1 heterocycles. The lowest BCUT2D eigenvalue weighted by Gasteiger charge is -2.41. The third-order valence-electron chi connectivity index (χ3n) is 4.91. The van der Waals surface area contributed by atoms with Crippen LogP contribution in [0.4, 0.5) is 0 Å². The van der Waals surface area contributed by atoms with Crippen molar-refractivity contribution in [3.8, 4) is 0 Å². The van der Waals surface area contributed by atoms with Gasteiger partial charge in [-0.2, -0.15) is 0 Å². The van der Waals surface area contributed by atoms with Crippen LogP contribution in [0.25, 0.3) is 0 Å². The zero-order chi connectivity index (χ0) is 17.4. The van der Waals surface area contributed by atoms with Gasteiger partial charge < -0.3 is 15.5 Å². The summed E-state index contributed by atoms with van der Waals surface area (Å²) in [6.45, 7) is 4.20. The van der Waals surface area contributed by atoms with Crippen LogP contribution in [0.5, 0.6) is 0 Å². The fourth-order valence-corrected chi connectivity index (χ4v) is 3.53. The van der Waals surface area contributed by atoms with Crippen LogP contribution in [-0.4, -0.2) is 50.5 Å². The number of rotatable bonds is 8. The van der Waals surface area contributed by atoms with Crippen molar-refractivity contribution >= 4 is 23.2 Å². The number of thiophene rings is 1. The Balaban J connectivity index is 1.87. The Bertz CT molecular complexity index is 530. The van der Waals surface area contributed by atoms with E-state index in [1.807, 2.05) is 0 Å². The molecule has 0 atom stereocenters. The van der Waals surface area contributed by atoms with Crippen LogP contribution in [0.2, 0.25) is 0 Å². The van der Waals surface area contributed by atoms with Gasteiger partial charge in [-0.15, -0.1) is 11.3 Å². The van der Waals surface area contributed by atoms with E-state index in [1.54, 1.807) is 30.3 Å². The predicted molar refractivity (Wildman–Crippen MR) is 102 cm³/mol. The zero-order valence-corrected chi connectivity index (χ0v) is 15.9. The lowest BCUT2D eigenvalue weighted by atomic mass is 9.67. The van der Waals surface area contributed by atoms with Crippen LogP contribution in [-0.2, 0) is 11.2 Å². The van der Waals surface area contributed by atoms with Crippen molar-refractivity contribution in [1.29, 1.82) is 0 Å². The second kappa shape index (κ2) is 9.06. The van der Waals surface area contributed by atoms with Crippen molar-refractivity contribution in [3.05, 3.63) is 22.4 Å². The predicted octanol–water partition coefficient (Wildman–Crippen LogP) is 2.49. The van der Waals surface area contributed by atoms with Gasteiger partial charge in [-0.1, -0.05) is 19.4 Å². The Morgan fingerprint density at radius 1 is 1.38 bits per heavy atom. The second-order valence-electron chi connectivity index (χ2n) is 6.77. The first-order valence-electron chi connectivity index (χ1n) is 8.79.